The van der Waals surface area contributed by atoms with Crippen LogP contribution in [0.15, 0.2) is 46.4 Å². The Labute approximate surface area is 177 Å². The highest BCUT2D eigenvalue weighted by molar-refractivity contribution is 9.10. The fraction of sp³-hybridized carbons (Fsp3) is 0.190. The number of carbonyl (C=O) groups excluding carboxylic acids is 2. The highest BCUT2D eigenvalue weighted by atomic mass is 79.9. The quantitative estimate of drug-likeness (QED) is 0.287. The Morgan fingerprint density at radius 2 is 2.00 bits per heavy atom. The van der Waals surface area contributed by atoms with Gasteiger partial charge in [-0.25, -0.2) is 0 Å². The number of nitrogens with zero attached hydrogens (tertiary/aromatic N) is 1. The standard InChI is InChI=1S/C21H19BrN2O5/c1-4-28-17-7-5-6-16(10-17)24-21(26)15(12-23)8-14-9-19(27-3)20(11-18(14)22)29-13(2)25/h5-11H,4H2,1-3H3,(H,24,26)/b15-8-. The fourth-order valence-electron chi connectivity index (χ4n) is 2.39. The number of hydrogen-bond acceptors (Lipinski definition) is 6. The van der Waals surface area contributed by atoms with Crippen molar-refractivity contribution in [1.82, 2.24) is 0 Å². The largest absolute Gasteiger partial charge is 0.494 e. The Bertz CT molecular complexity index is 995. The third-order valence-corrected chi connectivity index (χ3v) is 4.29. The molecule has 0 aliphatic carbocycles. The van der Waals surface area contributed by atoms with E-state index in [9.17, 15) is 14.9 Å². The second kappa shape index (κ2) is 10.3. The van der Waals surface area contributed by atoms with E-state index < -0.39 is 11.9 Å². The third kappa shape index (κ3) is 6.09. The SMILES string of the molecule is CCOc1cccc(NC(=O)/C(C#N)=C\c2cc(OC)c(OC(C)=O)cc2Br)c1. The fourth-order valence-corrected chi connectivity index (χ4v) is 2.83. The average Bonchev–Trinajstić information content (AvgIpc) is 2.67. The molecular formula is C21H19BrN2O5. The number of halogens is 1. The van der Waals surface area contributed by atoms with Gasteiger partial charge in [0.1, 0.15) is 17.4 Å². The van der Waals surface area contributed by atoms with Crippen molar-refractivity contribution >= 4 is 39.6 Å². The van der Waals surface area contributed by atoms with Crippen molar-refractivity contribution in [3.63, 3.8) is 0 Å². The van der Waals surface area contributed by atoms with Gasteiger partial charge in [0, 0.05) is 23.2 Å². The number of methoxy groups -OCH3 is 1. The zero-order valence-electron chi connectivity index (χ0n) is 16.1. The van der Waals surface area contributed by atoms with Gasteiger partial charge in [-0.15, -0.1) is 0 Å². The van der Waals surface area contributed by atoms with Gasteiger partial charge >= 0.3 is 5.97 Å². The molecule has 1 amide bonds. The maximum atomic E-state index is 12.5. The van der Waals surface area contributed by atoms with Gasteiger partial charge in [-0.3, -0.25) is 9.59 Å². The van der Waals surface area contributed by atoms with E-state index in [0.29, 0.717) is 28.1 Å². The van der Waals surface area contributed by atoms with Gasteiger partial charge < -0.3 is 19.5 Å². The van der Waals surface area contributed by atoms with Crippen LogP contribution in [0.3, 0.4) is 0 Å². The molecule has 2 rings (SSSR count). The topological polar surface area (TPSA) is 97.7 Å². The van der Waals surface area contributed by atoms with Crippen molar-refractivity contribution in [2.75, 3.05) is 19.0 Å². The van der Waals surface area contributed by atoms with Gasteiger partial charge in [-0.05, 0) is 42.8 Å². The summed E-state index contributed by atoms with van der Waals surface area (Å²) < 4.78 is 16.2. The number of rotatable bonds is 7. The van der Waals surface area contributed by atoms with E-state index in [2.05, 4.69) is 21.2 Å². The zero-order chi connectivity index (χ0) is 21.4. The molecule has 0 bridgehead atoms. The average molecular weight is 459 g/mol. The summed E-state index contributed by atoms with van der Waals surface area (Å²) in [6.45, 7) is 3.64. The van der Waals surface area contributed by atoms with Gasteiger partial charge in [0.05, 0.1) is 13.7 Å². The predicted molar refractivity (Wildman–Crippen MR) is 112 cm³/mol. The molecule has 0 fully saturated rings. The summed E-state index contributed by atoms with van der Waals surface area (Å²) >= 11 is 3.35. The van der Waals surface area contributed by atoms with Crippen LogP contribution in [0, 0.1) is 11.3 Å². The number of benzene rings is 2. The lowest BCUT2D eigenvalue weighted by Crippen LogP contribution is -2.13. The van der Waals surface area contributed by atoms with Crippen LogP contribution in [-0.2, 0) is 9.59 Å². The molecule has 0 heterocycles. The van der Waals surface area contributed by atoms with Gasteiger partial charge in [0.15, 0.2) is 11.5 Å². The van der Waals surface area contributed by atoms with E-state index in [1.165, 1.54) is 26.2 Å². The van der Waals surface area contributed by atoms with Crippen LogP contribution in [0.2, 0.25) is 0 Å². The minimum Gasteiger partial charge on any atom is -0.494 e. The minimum atomic E-state index is -0.573. The van der Waals surface area contributed by atoms with Crippen molar-refractivity contribution in [3.8, 4) is 23.3 Å². The molecule has 7 nitrogen and oxygen atoms in total. The van der Waals surface area contributed by atoms with Crippen LogP contribution >= 0.6 is 15.9 Å². The Morgan fingerprint density at radius 1 is 1.24 bits per heavy atom. The summed E-state index contributed by atoms with van der Waals surface area (Å²) in [4.78, 5) is 23.8. The number of ether oxygens (including phenoxy) is 3. The van der Waals surface area contributed by atoms with E-state index in [1.807, 2.05) is 13.0 Å². The lowest BCUT2D eigenvalue weighted by molar-refractivity contribution is -0.132. The Morgan fingerprint density at radius 3 is 2.62 bits per heavy atom. The molecule has 0 radical (unpaired) electrons. The van der Waals surface area contributed by atoms with Crippen LogP contribution in [-0.4, -0.2) is 25.6 Å². The van der Waals surface area contributed by atoms with E-state index >= 15 is 0 Å². The molecule has 0 aromatic heterocycles. The van der Waals surface area contributed by atoms with E-state index in [0.717, 1.165) is 0 Å². The third-order valence-electron chi connectivity index (χ3n) is 3.60. The highest BCUT2D eigenvalue weighted by Crippen LogP contribution is 2.34. The summed E-state index contributed by atoms with van der Waals surface area (Å²) in [5.41, 5.74) is 0.895. The Kier molecular flexibility index (Phi) is 7.80. The highest BCUT2D eigenvalue weighted by Gasteiger charge is 2.15. The molecule has 0 atom stereocenters. The second-order valence-electron chi connectivity index (χ2n) is 5.70. The maximum Gasteiger partial charge on any atom is 0.308 e. The Balaban J connectivity index is 2.31. The smallest absolute Gasteiger partial charge is 0.308 e. The van der Waals surface area contributed by atoms with E-state index in [1.54, 1.807) is 30.3 Å². The maximum absolute atomic E-state index is 12.5. The molecule has 150 valence electrons. The number of nitriles is 1. The molecule has 0 spiro atoms. The molecule has 1 N–H and O–H groups in total. The lowest BCUT2D eigenvalue weighted by Gasteiger charge is -2.11. The lowest BCUT2D eigenvalue weighted by atomic mass is 10.1. The van der Waals surface area contributed by atoms with E-state index in [-0.39, 0.29) is 17.1 Å². The molecule has 0 aliphatic rings. The van der Waals surface area contributed by atoms with Crippen molar-refractivity contribution in [2.24, 2.45) is 0 Å². The van der Waals surface area contributed by atoms with Crippen molar-refractivity contribution in [3.05, 3.63) is 52.0 Å². The summed E-state index contributed by atoms with van der Waals surface area (Å²) in [7, 11) is 1.42. The molecule has 2 aromatic rings. The Hall–Kier alpha value is -3.31. The van der Waals surface area contributed by atoms with Crippen molar-refractivity contribution in [2.45, 2.75) is 13.8 Å². The number of amides is 1. The summed E-state index contributed by atoms with van der Waals surface area (Å²) in [5, 5.41) is 12.1. The van der Waals surface area contributed by atoms with Crippen LogP contribution < -0.4 is 19.5 Å². The van der Waals surface area contributed by atoms with Crippen LogP contribution in [0.5, 0.6) is 17.2 Å². The predicted octanol–water partition coefficient (Wildman–Crippen LogP) is 4.33. The van der Waals surface area contributed by atoms with Gasteiger partial charge in [0.2, 0.25) is 0 Å². The molecule has 0 saturated carbocycles. The normalized spacial score (nSPS) is 10.7. The first-order valence-corrected chi connectivity index (χ1v) is 9.39. The first kappa shape index (κ1) is 22.0. The van der Waals surface area contributed by atoms with Gasteiger partial charge in [-0.2, -0.15) is 5.26 Å². The number of hydrogen-bond donors (Lipinski definition) is 1. The second-order valence-corrected chi connectivity index (χ2v) is 6.56. The molecule has 29 heavy (non-hydrogen) atoms. The van der Waals surface area contributed by atoms with Crippen LogP contribution in [0.4, 0.5) is 5.69 Å². The zero-order valence-corrected chi connectivity index (χ0v) is 17.7. The van der Waals surface area contributed by atoms with E-state index in [4.69, 9.17) is 14.2 Å². The van der Waals surface area contributed by atoms with Gasteiger partial charge in [-0.1, -0.05) is 22.0 Å². The monoisotopic (exact) mass is 458 g/mol. The van der Waals surface area contributed by atoms with Crippen molar-refractivity contribution in [1.29, 1.82) is 5.26 Å². The summed E-state index contributed by atoms with van der Waals surface area (Å²) in [6, 6.07) is 11.9. The van der Waals surface area contributed by atoms with Crippen molar-refractivity contribution < 1.29 is 23.8 Å². The molecule has 0 saturated heterocycles. The summed E-state index contributed by atoms with van der Waals surface area (Å²) in [5.74, 6) is 0.0544. The molecule has 0 aliphatic heterocycles. The first-order valence-electron chi connectivity index (χ1n) is 8.59. The van der Waals surface area contributed by atoms with Crippen LogP contribution in [0.1, 0.15) is 19.4 Å². The number of esters is 1. The first-order chi connectivity index (χ1) is 13.9. The van der Waals surface area contributed by atoms with Crippen LogP contribution in [0.25, 0.3) is 6.08 Å². The molecular weight excluding hydrogens is 440 g/mol. The van der Waals surface area contributed by atoms with Gasteiger partial charge in [0.25, 0.3) is 5.91 Å². The number of anilines is 1. The molecule has 8 heteroatoms. The molecule has 2 aromatic carbocycles. The number of carbonyl (C=O) groups is 2. The molecule has 0 unspecified atom stereocenters. The number of nitrogens with one attached hydrogen (secondary N) is 1. The minimum absolute atomic E-state index is 0.116. The summed E-state index contributed by atoms with van der Waals surface area (Å²) in [6.07, 6.45) is 1.41.